The van der Waals surface area contributed by atoms with Crippen LogP contribution in [-0.2, 0) is 0 Å². The minimum atomic E-state index is -1.14. The van der Waals surface area contributed by atoms with E-state index in [0.717, 1.165) is 23.5 Å². The van der Waals surface area contributed by atoms with E-state index in [-0.39, 0.29) is 16.5 Å². The molecular formula is C19H15ClF2N2O2. The molecule has 7 heteroatoms. The predicted molar refractivity (Wildman–Crippen MR) is 95.3 cm³/mol. The monoisotopic (exact) mass is 376 g/mol. The van der Waals surface area contributed by atoms with Gasteiger partial charge in [-0.15, -0.1) is 0 Å². The summed E-state index contributed by atoms with van der Waals surface area (Å²) in [5.74, 6) is -1.39. The first kappa shape index (κ1) is 18.1. The van der Waals surface area contributed by atoms with E-state index in [1.165, 1.54) is 0 Å². The Labute approximate surface area is 153 Å². The van der Waals surface area contributed by atoms with Gasteiger partial charge in [0, 0.05) is 17.2 Å². The number of carbonyl (C=O) groups is 1. The van der Waals surface area contributed by atoms with Crippen LogP contribution in [0.15, 0.2) is 47.0 Å². The fourth-order valence-corrected chi connectivity index (χ4v) is 2.51. The van der Waals surface area contributed by atoms with Gasteiger partial charge in [-0.25, -0.2) is 13.8 Å². The van der Waals surface area contributed by atoms with Crippen molar-refractivity contribution in [1.82, 2.24) is 4.98 Å². The number of aromatic nitrogens is 1. The van der Waals surface area contributed by atoms with Crippen molar-refractivity contribution in [3.63, 3.8) is 0 Å². The average Bonchev–Trinajstić information content (AvgIpc) is 3.09. The van der Waals surface area contributed by atoms with Crippen molar-refractivity contribution in [2.75, 3.05) is 5.32 Å². The Hall–Kier alpha value is -2.73. The van der Waals surface area contributed by atoms with Gasteiger partial charge < -0.3 is 9.73 Å². The van der Waals surface area contributed by atoms with Crippen molar-refractivity contribution >= 4 is 23.2 Å². The lowest BCUT2D eigenvalue weighted by Crippen LogP contribution is -2.13. The molecule has 0 aliphatic heterocycles. The van der Waals surface area contributed by atoms with Crippen molar-refractivity contribution in [2.24, 2.45) is 0 Å². The van der Waals surface area contributed by atoms with Crippen LogP contribution in [0.5, 0.6) is 0 Å². The van der Waals surface area contributed by atoms with Gasteiger partial charge in [-0.3, -0.25) is 4.79 Å². The molecule has 1 aromatic heterocycles. The fraction of sp³-hybridized carbons (Fsp3) is 0.158. The molecular weight excluding hydrogens is 362 g/mol. The number of amides is 1. The third-order valence-electron chi connectivity index (χ3n) is 3.74. The largest absolute Gasteiger partial charge is 0.441 e. The summed E-state index contributed by atoms with van der Waals surface area (Å²) in [6.07, 6.45) is 1.68. The highest BCUT2D eigenvalue weighted by Gasteiger charge is 2.15. The van der Waals surface area contributed by atoms with Gasteiger partial charge >= 0.3 is 0 Å². The average molecular weight is 377 g/mol. The van der Waals surface area contributed by atoms with Crippen molar-refractivity contribution in [2.45, 2.75) is 19.8 Å². The van der Waals surface area contributed by atoms with Crippen LogP contribution in [0.1, 0.15) is 35.9 Å². The number of anilines is 1. The molecule has 0 saturated carbocycles. The molecule has 3 aromatic rings. The van der Waals surface area contributed by atoms with Gasteiger partial charge in [-0.2, -0.15) is 0 Å². The zero-order chi connectivity index (χ0) is 18.8. The second-order valence-corrected chi connectivity index (χ2v) is 6.41. The Morgan fingerprint density at radius 1 is 1.15 bits per heavy atom. The summed E-state index contributed by atoms with van der Waals surface area (Å²) in [6.45, 7) is 4.01. The number of hydrogen-bond acceptors (Lipinski definition) is 3. The summed E-state index contributed by atoms with van der Waals surface area (Å²) in [6, 6.07) is 8.31. The molecule has 0 saturated heterocycles. The van der Waals surface area contributed by atoms with Crippen LogP contribution in [0.2, 0.25) is 5.02 Å². The molecule has 0 fully saturated rings. The highest BCUT2D eigenvalue weighted by molar-refractivity contribution is 6.34. The lowest BCUT2D eigenvalue weighted by molar-refractivity contribution is 0.102. The zero-order valence-electron chi connectivity index (χ0n) is 14.0. The maximum Gasteiger partial charge on any atom is 0.257 e. The molecule has 0 aliphatic rings. The second kappa shape index (κ2) is 7.25. The van der Waals surface area contributed by atoms with Gasteiger partial charge in [0.15, 0.2) is 11.6 Å². The molecule has 1 N–H and O–H groups in total. The van der Waals surface area contributed by atoms with E-state index in [2.05, 4.69) is 10.3 Å². The zero-order valence-corrected chi connectivity index (χ0v) is 14.8. The number of hydrogen-bond donors (Lipinski definition) is 1. The smallest absolute Gasteiger partial charge is 0.257 e. The number of nitrogens with zero attached hydrogens (tertiary/aromatic N) is 1. The molecule has 0 unspecified atom stereocenters. The number of carbonyl (C=O) groups excluding carboxylic acids is 1. The maximum absolute atomic E-state index is 13.3. The molecule has 134 valence electrons. The summed E-state index contributed by atoms with van der Waals surface area (Å²) in [5, 5.41) is 2.42. The third-order valence-corrected chi connectivity index (χ3v) is 4.05. The number of oxazole rings is 1. The van der Waals surface area contributed by atoms with E-state index < -0.39 is 17.5 Å². The number of benzene rings is 2. The first-order valence-corrected chi connectivity index (χ1v) is 8.25. The van der Waals surface area contributed by atoms with E-state index in [4.69, 9.17) is 16.0 Å². The SMILES string of the molecule is CC(C)c1cnc(-c2ccc(NC(=O)c3cc(F)c(F)cc3Cl)cc2)o1. The van der Waals surface area contributed by atoms with Crippen molar-refractivity contribution < 1.29 is 18.0 Å². The lowest BCUT2D eigenvalue weighted by atomic mass is 10.1. The van der Waals surface area contributed by atoms with Crippen LogP contribution < -0.4 is 5.32 Å². The first-order chi connectivity index (χ1) is 12.3. The van der Waals surface area contributed by atoms with Crippen LogP contribution in [0.25, 0.3) is 11.5 Å². The molecule has 1 amide bonds. The Balaban J connectivity index is 1.77. The fourth-order valence-electron chi connectivity index (χ4n) is 2.28. The van der Waals surface area contributed by atoms with Gasteiger partial charge in [0.1, 0.15) is 5.76 Å². The van der Waals surface area contributed by atoms with Crippen LogP contribution in [0.4, 0.5) is 14.5 Å². The number of nitrogens with one attached hydrogen (secondary N) is 1. The summed E-state index contributed by atoms with van der Waals surface area (Å²) in [7, 11) is 0. The molecule has 0 aliphatic carbocycles. The van der Waals surface area contributed by atoms with Gasteiger partial charge in [0.05, 0.1) is 16.8 Å². The van der Waals surface area contributed by atoms with Crippen LogP contribution in [0, 0.1) is 11.6 Å². The molecule has 3 rings (SSSR count). The van der Waals surface area contributed by atoms with E-state index in [9.17, 15) is 13.6 Å². The van der Waals surface area contributed by atoms with Gasteiger partial charge in [0.2, 0.25) is 5.89 Å². The van der Waals surface area contributed by atoms with E-state index >= 15 is 0 Å². The van der Waals surface area contributed by atoms with Crippen LogP contribution in [-0.4, -0.2) is 10.9 Å². The third kappa shape index (κ3) is 3.75. The maximum atomic E-state index is 13.3. The Morgan fingerprint density at radius 2 is 1.81 bits per heavy atom. The predicted octanol–water partition coefficient (Wildman–Crippen LogP) is 5.65. The van der Waals surface area contributed by atoms with Crippen LogP contribution >= 0.6 is 11.6 Å². The molecule has 0 bridgehead atoms. The molecule has 0 spiro atoms. The highest BCUT2D eigenvalue weighted by atomic mass is 35.5. The van der Waals surface area contributed by atoms with Crippen molar-refractivity contribution in [3.05, 3.63) is 70.6 Å². The molecule has 26 heavy (non-hydrogen) atoms. The summed E-state index contributed by atoms with van der Waals surface area (Å²) in [4.78, 5) is 16.4. The normalized spacial score (nSPS) is 11.0. The Kier molecular flexibility index (Phi) is 5.04. The van der Waals surface area contributed by atoms with Gasteiger partial charge in [-0.1, -0.05) is 25.4 Å². The van der Waals surface area contributed by atoms with Crippen molar-refractivity contribution in [1.29, 1.82) is 0 Å². The summed E-state index contributed by atoms with van der Waals surface area (Å²) < 4.78 is 32.1. The Morgan fingerprint density at radius 3 is 2.42 bits per heavy atom. The topological polar surface area (TPSA) is 55.1 Å². The number of rotatable bonds is 4. The highest BCUT2D eigenvalue weighted by Crippen LogP contribution is 2.25. The second-order valence-electron chi connectivity index (χ2n) is 6.00. The molecule has 2 aromatic carbocycles. The van der Waals surface area contributed by atoms with Gasteiger partial charge in [0.25, 0.3) is 5.91 Å². The minimum Gasteiger partial charge on any atom is -0.441 e. The first-order valence-electron chi connectivity index (χ1n) is 7.87. The van der Waals surface area contributed by atoms with E-state index in [1.807, 2.05) is 13.8 Å². The van der Waals surface area contributed by atoms with E-state index in [0.29, 0.717) is 11.6 Å². The quantitative estimate of drug-likeness (QED) is 0.599. The standard InChI is InChI=1S/C19H15ClF2N2O2/c1-10(2)17-9-23-19(26-17)11-3-5-12(6-4-11)24-18(25)13-7-15(21)16(22)8-14(13)20/h3-10H,1-2H3,(H,24,25). The minimum absolute atomic E-state index is 0.149. The lowest BCUT2D eigenvalue weighted by Gasteiger charge is -2.08. The molecule has 0 atom stereocenters. The van der Waals surface area contributed by atoms with Crippen LogP contribution in [0.3, 0.4) is 0 Å². The molecule has 0 radical (unpaired) electrons. The summed E-state index contributed by atoms with van der Waals surface area (Å²) in [5.41, 5.74) is 1.07. The Bertz CT molecular complexity index is 953. The molecule has 1 heterocycles. The molecule has 4 nitrogen and oxygen atoms in total. The van der Waals surface area contributed by atoms with E-state index in [1.54, 1.807) is 30.5 Å². The van der Waals surface area contributed by atoms with Gasteiger partial charge in [-0.05, 0) is 36.4 Å². The number of halogens is 3. The summed E-state index contributed by atoms with van der Waals surface area (Å²) >= 11 is 5.81. The van der Waals surface area contributed by atoms with Crippen molar-refractivity contribution in [3.8, 4) is 11.5 Å².